The minimum Gasteiger partial charge on any atom is -0.337 e. The summed E-state index contributed by atoms with van der Waals surface area (Å²) in [5, 5.41) is 8.96. The Bertz CT molecular complexity index is 835. The van der Waals surface area contributed by atoms with E-state index in [0.717, 1.165) is 18.4 Å². The molecule has 1 aromatic carbocycles. The van der Waals surface area contributed by atoms with E-state index in [0.29, 0.717) is 18.3 Å². The van der Waals surface area contributed by atoms with Crippen LogP contribution in [-0.4, -0.2) is 41.7 Å². The van der Waals surface area contributed by atoms with E-state index in [1.807, 2.05) is 30.3 Å². The summed E-state index contributed by atoms with van der Waals surface area (Å²) < 4.78 is 27.3. The van der Waals surface area contributed by atoms with Gasteiger partial charge >= 0.3 is 0 Å². The lowest BCUT2D eigenvalue weighted by atomic mass is 10.2. The van der Waals surface area contributed by atoms with Gasteiger partial charge in [-0.3, -0.25) is 4.79 Å². The third-order valence-electron chi connectivity index (χ3n) is 4.15. The van der Waals surface area contributed by atoms with E-state index in [2.05, 4.69) is 10.1 Å². The van der Waals surface area contributed by atoms with Crippen LogP contribution < -0.4 is 5.14 Å². The molecule has 1 saturated heterocycles. The largest absolute Gasteiger partial charge is 0.337 e. The van der Waals surface area contributed by atoms with Gasteiger partial charge in [0.25, 0.3) is 0 Å². The highest BCUT2D eigenvalue weighted by Crippen LogP contribution is 2.32. The van der Waals surface area contributed by atoms with Gasteiger partial charge in [-0.15, -0.1) is 0 Å². The number of amides is 1. The van der Waals surface area contributed by atoms with Crippen LogP contribution in [0.2, 0.25) is 0 Å². The van der Waals surface area contributed by atoms with Crippen LogP contribution in [-0.2, 0) is 14.8 Å². The molecule has 2 heterocycles. The van der Waals surface area contributed by atoms with Crippen molar-refractivity contribution in [3.05, 3.63) is 36.2 Å². The number of sulfonamides is 1. The first kappa shape index (κ1) is 17.6. The number of primary sulfonamides is 1. The number of carbonyl (C=O) groups excluding carboxylic acids is 1. The minimum atomic E-state index is -3.55. The van der Waals surface area contributed by atoms with Gasteiger partial charge in [-0.25, -0.2) is 13.6 Å². The smallest absolute Gasteiger partial charge is 0.249 e. The summed E-state index contributed by atoms with van der Waals surface area (Å²) in [5.74, 6) is 0.585. The van der Waals surface area contributed by atoms with Crippen molar-refractivity contribution >= 4 is 15.9 Å². The number of hydrogen-bond donors (Lipinski definition) is 1. The van der Waals surface area contributed by atoms with Crippen molar-refractivity contribution in [2.75, 3.05) is 12.3 Å². The first-order valence-electron chi connectivity index (χ1n) is 8.13. The summed E-state index contributed by atoms with van der Waals surface area (Å²) in [6.07, 6.45) is 1.93. The molecule has 2 aromatic rings. The molecular formula is C16H20N4O4S. The lowest BCUT2D eigenvalue weighted by Gasteiger charge is -2.21. The summed E-state index contributed by atoms with van der Waals surface area (Å²) in [6, 6.07) is 9.21. The van der Waals surface area contributed by atoms with E-state index in [1.165, 1.54) is 0 Å². The molecule has 0 aliphatic carbocycles. The van der Waals surface area contributed by atoms with Gasteiger partial charge in [0.2, 0.25) is 27.6 Å². The van der Waals surface area contributed by atoms with E-state index in [-0.39, 0.29) is 30.5 Å². The summed E-state index contributed by atoms with van der Waals surface area (Å²) in [5.41, 5.74) is 0.849. The van der Waals surface area contributed by atoms with Gasteiger partial charge in [0.1, 0.15) is 6.04 Å². The topological polar surface area (TPSA) is 119 Å². The van der Waals surface area contributed by atoms with Crippen molar-refractivity contribution in [3.63, 3.8) is 0 Å². The molecule has 1 aromatic heterocycles. The highest BCUT2D eigenvalue weighted by Gasteiger charge is 2.33. The molecule has 0 radical (unpaired) electrons. The summed E-state index contributed by atoms with van der Waals surface area (Å²) in [6.45, 7) is 0.599. The predicted molar refractivity (Wildman–Crippen MR) is 90.6 cm³/mol. The number of nitrogens with zero attached hydrogens (tertiary/aromatic N) is 3. The average Bonchev–Trinajstić information content (AvgIpc) is 3.23. The highest BCUT2D eigenvalue weighted by molar-refractivity contribution is 7.89. The molecule has 9 heteroatoms. The third-order valence-corrected chi connectivity index (χ3v) is 5.01. The monoisotopic (exact) mass is 364 g/mol. The van der Waals surface area contributed by atoms with Crippen LogP contribution in [0.1, 0.15) is 37.6 Å². The second-order valence-corrected chi connectivity index (χ2v) is 7.77. The van der Waals surface area contributed by atoms with Gasteiger partial charge in [0, 0.05) is 18.5 Å². The van der Waals surface area contributed by atoms with Crippen LogP contribution in [0.4, 0.5) is 0 Å². The van der Waals surface area contributed by atoms with Crippen LogP contribution in [0.15, 0.2) is 34.9 Å². The Labute approximate surface area is 146 Å². The number of carbonyl (C=O) groups is 1. The van der Waals surface area contributed by atoms with Crippen molar-refractivity contribution in [1.29, 1.82) is 0 Å². The van der Waals surface area contributed by atoms with Crippen LogP contribution in [0.25, 0.3) is 11.4 Å². The molecular weight excluding hydrogens is 344 g/mol. The van der Waals surface area contributed by atoms with Crippen LogP contribution in [0.3, 0.4) is 0 Å². The maximum absolute atomic E-state index is 12.4. The maximum Gasteiger partial charge on any atom is 0.249 e. The van der Waals surface area contributed by atoms with Crippen molar-refractivity contribution in [3.8, 4) is 11.4 Å². The Morgan fingerprint density at radius 2 is 2.08 bits per heavy atom. The summed E-state index contributed by atoms with van der Waals surface area (Å²) in [4.78, 5) is 18.5. The zero-order valence-corrected chi connectivity index (χ0v) is 14.5. The molecule has 0 unspecified atom stereocenters. The van der Waals surface area contributed by atoms with Gasteiger partial charge in [-0.05, 0) is 19.3 Å². The first-order chi connectivity index (χ1) is 11.9. The van der Waals surface area contributed by atoms with Gasteiger partial charge in [0.15, 0.2) is 0 Å². The zero-order chi connectivity index (χ0) is 17.9. The Balaban J connectivity index is 1.67. The Morgan fingerprint density at radius 1 is 1.32 bits per heavy atom. The zero-order valence-electron chi connectivity index (χ0n) is 13.7. The molecule has 0 bridgehead atoms. The Kier molecular flexibility index (Phi) is 5.14. The average molecular weight is 364 g/mol. The molecule has 3 rings (SSSR count). The van der Waals surface area contributed by atoms with E-state index in [4.69, 9.17) is 9.66 Å². The van der Waals surface area contributed by atoms with E-state index < -0.39 is 10.0 Å². The van der Waals surface area contributed by atoms with Crippen LogP contribution >= 0.6 is 0 Å². The summed E-state index contributed by atoms with van der Waals surface area (Å²) in [7, 11) is -3.55. The lowest BCUT2D eigenvalue weighted by Crippen LogP contribution is -2.31. The fourth-order valence-corrected chi connectivity index (χ4v) is 3.51. The molecule has 8 nitrogen and oxygen atoms in total. The molecule has 1 amide bonds. The fraction of sp³-hybridized carbons (Fsp3) is 0.438. The number of aromatic nitrogens is 2. The standard InChI is InChI=1S/C16H20N4O4S/c17-25(22,23)11-5-9-14(21)20-10-4-8-13(20)16-18-15(19-24-16)12-6-2-1-3-7-12/h1-3,6-7,13H,4-5,8-11H2,(H2,17,22,23)/t13-/m1/s1. The Hall–Kier alpha value is -2.26. The van der Waals surface area contributed by atoms with E-state index >= 15 is 0 Å². The Morgan fingerprint density at radius 3 is 2.80 bits per heavy atom. The normalized spacial score (nSPS) is 17.8. The molecule has 0 saturated carbocycles. The SMILES string of the molecule is NS(=O)(=O)CCCC(=O)N1CCC[C@@H]1c1nc(-c2ccccc2)no1. The van der Waals surface area contributed by atoms with Gasteiger partial charge < -0.3 is 9.42 Å². The second-order valence-electron chi connectivity index (χ2n) is 6.04. The second kappa shape index (κ2) is 7.32. The van der Waals surface area contributed by atoms with Crippen LogP contribution in [0.5, 0.6) is 0 Å². The molecule has 25 heavy (non-hydrogen) atoms. The summed E-state index contributed by atoms with van der Waals surface area (Å²) >= 11 is 0. The first-order valence-corrected chi connectivity index (χ1v) is 9.84. The quantitative estimate of drug-likeness (QED) is 0.829. The number of nitrogens with two attached hydrogens (primary N) is 1. The number of hydrogen-bond acceptors (Lipinski definition) is 6. The lowest BCUT2D eigenvalue weighted by molar-refractivity contribution is -0.132. The van der Waals surface area contributed by atoms with Crippen molar-refractivity contribution < 1.29 is 17.7 Å². The van der Waals surface area contributed by atoms with Crippen LogP contribution in [0, 0.1) is 0 Å². The molecule has 1 fully saturated rings. The fourth-order valence-electron chi connectivity index (χ4n) is 2.97. The molecule has 0 spiro atoms. The number of likely N-dealkylation sites (tertiary alicyclic amines) is 1. The van der Waals surface area contributed by atoms with Gasteiger partial charge in [-0.2, -0.15) is 4.98 Å². The molecule has 2 N–H and O–H groups in total. The van der Waals surface area contributed by atoms with Crippen molar-refractivity contribution in [2.24, 2.45) is 5.14 Å². The van der Waals surface area contributed by atoms with Gasteiger partial charge in [-0.1, -0.05) is 35.5 Å². The van der Waals surface area contributed by atoms with Crippen molar-refractivity contribution in [1.82, 2.24) is 15.0 Å². The molecule has 1 aliphatic rings. The predicted octanol–water partition coefficient (Wildman–Crippen LogP) is 1.47. The third kappa shape index (κ3) is 4.43. The van der Waals surface area contributed by atoms with Gasteiger partial charge in [0.05, 0.1) is 5.75 Å². The van der Waals surface area contributed by atoms with Crippen molar-refractivity contribution in [2.45, 2.75) is 31.7 Å². The molecule has 1 atom stereocenters. The molecule has 1 aliphatic heterocycles. The van der Waals surface area contributed by atoms with E-state index in [9.17, 15) is 13.2 Å². The molecule has 134 valence electrons. The highest BCUT2D eigenvalue weighted by atomic mass is 32.2. The number of rotatable bonds is 6. The number of benzene rings is 1. The minimum absolute atomic E-state index is 0.120. The van der Waals surface area contributed by atoms with E-state index in [1.54, 1.807) is 4.90 Å². The maximum atomic E-state index is 12.4.